The average Bonchev–Trinajstić information content (AvgIpc) is 4.00. The lowest BCUT2D eigenvalue weighted by Crippen LogP contribution is -2.12. The Balaban J connectivity index is 0.917. The van der Waals surface area contributed by atoms with Crippen LogP contribution in [0, 0.1) is 10.8 Å². The number of para-hydroxylation sites is 4. The normalized spacial score (nSPS) is 14.4. The van der Waals surface area contributed by atoms with E-state index in [-0.39, 0.29) is 0 Å². The van der Waals surface area contributed by atoms with E-state index in [1.807, 2.05) is 97.1 Å². The van der Waals surface area contributed by atoms with Crippen LogP contribution in [0.5, 0.6) is 0 Å². The summed E-state index contributed by atoms with van der Waals surface area (Å²) < 4.78 is 13.2. The lowest BCUT2D eigenvalue weighted by molar-refractivity contribution is 0.668. The molecule has 0 radical (unpaired) electrons. The first kappa shape index (κ1) is 42.5. The van der Waals surface area contributed by atoms with Crippen LogP contribution < -0.4 is 15.2 Å². The molecule has 10 aromatic rings. The number of hydrogen-bond acceptors (Lipinski definition) is 9. The highest BCUT2D eigenvalue weighted by Crippen LogP contribution is 2.45. The fourth-order valence-electron chi connectivity index (χ4n) is 9.29. The molecule has 2 aromatic heterocycles. The molecule has 338 valence electrons. The summed E-state index contributed by atoms with van der Waals surface area (Å²) in [5, 5.41) is 25.4. The highest BCUT2D eigenvalue weighted by Gasteiger charge is 2.22. The zero-order valence-electron chi connectivity index (χ0n) is 38.3. The van der Waals surface area contributed by atoms with E-state index in [2.05, 4.69) is 148 Å². The van der Waals surface area contributed by atoms with Gasteiger partial charge in [0, 0.05) is 49.9 Å². The number of rotatable bonds is 11. The molecule has 0 fully saturated rings. The fraction of sp³-hybridized carbons (Fsp3) is 0. The standard InChI is InChI=1S/C62H43N7O2/c1-40(65-55-24-6-4-22-53(55)63)43-14-10-16-47(38-43)68(57-26-12-20-51-49-18-2-8-28-59(49)70-61(51)57)45-34-30-41(31-35-45)42-32-36-46(37-33-42)69(58-27-13-21-52-50-19-3-9-29-60(50)71-62(52)58)48-17-11-15-44(39-48)66-67-56-25-7-5-23-54(56)64/h2-39,63-64,66H,1H2/b63-53?,64-54?,65-55?,67-56-. The predicted molar refractivity (Wildman–Crippen MR) is 295 cm³/mol. The van der Waals surface area contributed by atoms with Crippen LogP contribution in [0.15, 0.2) is 256 Å². The predicted octanol–water partition coefficient (Wildman–Crippen LogP) is 16.6. The summed E-state index contributed by atoms with van der Waals surface area (Å²) >= 11 is 0. The number of anilines is 7. The third kappa shape index (κ3) is 8.03. The number of benzene rings is 8. The number of hydrogen-bond donors (Lipinski definition) is 3. The van der Waals surface area contributed by atoms with Gasteiger partial charge in [-0.1, -0.05) is 134 Å². The molecule has 2 aliphatic rings. The number of hydrazone groups is 1. The molecule has 2 aliphatic carbocycles. The van der Waals surface area contributed by atoms with Gasteiger partial charge in [0.05, 0.1) is 39.9 Å². The maximum atomic E-state index is 8.39. The molecule has 0 amide bonds. The maximum Gasteiger partial charge on any atom is 0.159 e. The Morgan fingerprint density at radius 1 is 0.451 bits per heavy atom. The van der Waals surface area contributed by atoms with Crippen LogP contribution in [0.2, 0.25) is 0 Å². The number of aliphatic imine (C=N–C) groups is 1. The van der Waals surface area contributed by atoms with Gasteiger partial charge in [0.1, 0.15) is 16.9 Å². The van der Waals surface area contributed by atoms with Crippen molar-refractivity contribution in [2.45, 2.75) is 0 Å². The van der Waals surface area contributed by atoms with Crippen LogP contribution in [-0.2, 0) is 0 Å². The van der Waals surface area contributed by atoms with Crippen LogP contribution in [0.1, 0.15) is 5.56 Å². The van der Waals surface area contributed by atoms with E-state index < -0.39 is 0 Å². The summed E-state index contributed by atoms with van der Waals surface area (Å²) in [6, 6.07) is 62.2. The minimum absolute atomic E-state index is 0.342. The Labute approximate surface area is 409 Å². The van der Waals surface area contributed by atoms with E-state index in [4.69, 9.17) is 24.6 Å². The van der Waals surface area contributed by atoms with Crippen molar-refractivity contribution >= 4 is 112 Å². The minimum atomic E-state index is 0.342. The van der Waals surface area contributed by atoms with Crippen molar-refractivity contribution in [2.24, 2.45) is 10.1 Å². The lowest BCUT2D eigenvalue weighted by Gasteiger charge is -2.27. The van der Waals surface area contributed by atoms with Gasteiger partial charge in [0.15, 0.2) is 11.2 Å². The minimum Gasteiger partial charge on any atom is -0.454 e. The zero-order chi connectivity index (χ0) is 47.8. The first-order valence-electron chi connectivity index (χ1n) is 23.2. The van der Waals surface area contributed by atoms with Gasteiger partial charge >= 0.3 is 0 Å². The second kappa shape index (κ2) is 18.0. The molecular weight excluding hydrogens is 875 g/mol. The molecule has 0 aliphatic heterocycles. The topological polar surface area (TPSA) is 117 Å². The Hall–Kier alpha value is -9.86. The van der Waals surface area contributed by atoms with Crippen LogP contribution in [-0.4, -0.2) is 22.8 Å². The summed E-state index contributed by atoms with van der Waals surface area (Å²) in [5.74, 6) is 0. The molecule has 2 heterocycles. The van der Waals surface area contributed by atoms with E-state index in [1.54, 1.807) is 12.2 Å². The smallest absolute Gasteiger partial charge is 0.159 e. The highest BCUT2D eigenvalue weighted by molar-refractivity contribution is 6.51. The first-order chi connectivity index (χ1) is 34.9. The Morgan fingerprint density at radius 3 is 1.49 bits per heavy atom. The van der Waals surface area contributed by atoms with Crippen LogP contribution in [0.4, 0.5) is 39.8 Å². The second-order valence-electron chi connectivity index (χ2n) is 17.2. The molecule has 9 nitrogen and oxygen atoms in total. The molecule has 0 saturated carbocycles. The molecule has 0 unspecified atom stereocenters. The molecule has 0 saturated heterocycles. The van der Waals surface area contributed by atoms with Gasteiger partial charge in [-0.15, -0.1) is 0 Å². The molecule has 3 N–H and O–H groups in total. The van der Waals surface area contributed by atoms with Gasteiger partial charge in [-0.2, -0.15) is 5.10 Å². The lowest BCUT2D eigenvalue weighted by atomic mass is 10.0. The Morgan fingerprint density at radius 2 is 0.930 bits per heavy atom. The Bertz CT molecular complexity index is 3980. The quantitative estimate of drug-likeness (QED) is 0.0882. The molecule has 71 heavy (non-hydrogen) atoms. The van der Waals surface area contributed by atoms with E-state index in [0.29, 0.717) is 28.5 Å². The Kier molecular flexibility index (Phi) is 10.8. The van der Waals surface area contributed by atoms with Crippen molar-refractivity contribution in [3.05, 3.63) is 243 Å². The number of nitrogens with zero attached hydrogens (tertiary/aromatic N) is 4. The fourth-order valence-corrected chi connectivity index (χ4v) is 9.29. The van der Waals surface area contributed by atoms with E-state index in [9.17, 15) is 0 Å². The van der Waals surface area contributed by atoms with Crippen LogP contribution in [0.25, 0.3) is 60.7 Å². The molecular formula is C62H43N7O2. The molecule has 8 aromatic carbocycles. The summed E-state index contributed by atoms with van der Waals surface area (Å²) in [6.07, 6.45) is 14.5. The highest BCUT2D eigenvalue weighted by atomic mass is 16.3. The van der Waals surface area contributed by atoms with E-state index >= 15 is 0 Å². The van der Waals surface area contributed by atoms with Crippen LogP contribution >= 0.6 is 0 Å². The van der Waals surface area contributed by atoms with Gasteiger partial charge < -0.3 is 18.6 Å². The first-order valence-corrected chi connectivity index (χ1v) is 23.2. The third-order valence-corrected chi connectivity index (χ3v) is 12.7. The molecule has 0 spiro atoms. The summed E-state index contributed by atoms with van der Waals surface area (Å²) in [6.45, 7) is 4.32. The van der Waals surface area contributed by atoms with Gasteiger partial charge in [0.25, 0.3) is 0 Å². The van der Waals surface area contributed by atoms with Gasteiger partial charge in [-0.3, -0.25) is 16.2 Å². The van der Waals surface area contributed by atoms with Crippen molar-refractivity contribution in [3.8, 4) is 11.1 Å². The summed E-state index contributed by atoms with van der Waals surface area (Å²) in [5.41, 5.74) is 17.9. The van der Waals surface area contributed by atoms with Gasteiger partial charge in [-0.05, 0) is 114 Å². The molecule has 9 heteroatoms. The van der Waals surface area contributed by atoms with Crippen molar-refractivity contribution in [1.82, 2.24) is 0 Å². The molecule has 12 rings (SSSR count). The van der Waals surface area contributed by atoms with Gasteiger partial charge in [0.2, 0.25) is 0 Å². The van der Waals surface area contributed by atoms with Crippen molar-refractivity contribution in [3.63, 3.8) is 0 Å². The van der Waals surface area contributed by atoms with E-state index in [1.165, 1.54) is 0 Å². The summed E-state index contributed by atoms with van der Waals surface area (Å²) in [4.78, 5) is 9.18. The number of fused-ring (bicyclic) bond motifs is 6. The van der Waals surface area contributed by atoms with E-state index in [0.717, 1.165) is 100 Å². The van der Waals surface area contributed by atoms with Gasteiger partial charge in [-0.25, -0.2) is 4.99 Å². The van der Waals surface area contributed by atoms with Crippen molar-refractivity contribution < 1.29 is 8.83 Å². The van der Waals surface area contributed by atoms with Crippen molar-refractivity contribution in [1.29, 1.82) is 10.8 Å². The second-order valence-corrected chi connectivity index (χ2v) is 17.2. The number of furan rings is 2. The number of nitrogens with one attached hydrogen (secondary N) is 3. The largest absolute Gasteiger partial charge is 0.454 e. The molecule has 0 bridgehead atoms. The monoisotopic (exact) mass is 917 g/mol. The maximum absolute atomic E-state index is 8.39. The van der Waals surface area contributed by atoms with Crippen molar-refractivity contribution in [2.75, 3.05) is 15.2 Å². The SMILES string of the molecule is C=C(N=C1C=CC=CC1=N)c1cccc(N(c2ccc(-c3ccc(N(c4cccc(N/N=C5/C=CC=CC5=N)c4)c4cccc5c4oc4ccccc45)cc3)cc2)c2cccc3c2oc2ccccc23)c1. The third-order valence-electron chi connectivity index (χ3n) is 12.7. The average molecular weight is 918 g/mol. The molecule has 0 atom stereocenters. The summed E-state index contributed by atoms with van der Waals surface area (Å²) in [7, 11) is 0. The zero-order valence-corrected chi connectivity index (χ0v) is 38.3. The number of allylic oxidation sites excluding steroid dienone is 8. The van der Waals surface area contributed by atoms with Crippen LogP contribution in [0.3, 0.4) is 0 Å².